The van der Waals surface area contributed by atoms with Crippen molar-refractivity contribution in [3.05, 3.63) is 29.3 Å². The van der Waals surface area contributed by atoms with Crippen molar-refractivity contribution in [1.29, 1.82) is 0 Å². The van der Waals surface area contributed by atoms with Crippen molar-refractivity contribution < 1.29 is 13.2 Å². The highest BCUT2D eigenvalue weighted by Gasteiger charge is 2.29. The van der Waals surface area contributed by atoms with E-state index in [9.17, 15) is 13.2 Å². The van der Waals surface area contributed by atoms with E-state index in [1.807, 2.05) is 20.8 Å². The van der Waals surface area contributed by atoms with Gasteiger partial charge in [-0.3, -0.25) is 4.79 Å². The molecule has 146 valence electrons. The van der Waals surface area contributed by atoms with Gasteiger partial charge in [-0.25, -0.2) is 8.42 Å². The second-order valence-electron chi connectivity index (χ2n) is 7.41. The van der Waals surface area contributed by atoms with Crippen LogP contribution in [-0.4, -0.2) is 37.8 Å². The van der Waals surface area contributed by atoms with Crippen LogP contribution in [0.1, 0.15) is 62.9 Å². The van der Waals surface area contributed by atoms with Crippen LogP contribution in [0.15, 0.2) is 23.1 Å². The van der Waals surface area contributed by atoms with Crippen LogP contribution < -0.4 is 5.32 Å². The summed E-state index contributed by atoms with van der Waals surface area (Å²) in [5, 5.41) is 3.14. The Morgan fingerprint density at radius 1 is 1.19 bits per heavy atom. The molecule has 0 spiro atoms. The van der Waals surface area contributed by atoms with Gasteiger partial charge in [0.2, 0.25) is 10.0 Å². The molecule has 0 bridgehead atoms. The third-order valence-electron chi connectivity index (χ3n) is 5.82. The molecule has 0 saturated heterocycles. The lowest BCUT2D eigenvalue weighted by Gasteiger charge is -2.34. The molecule has 1 aliphatic rings. The number of amides is 1. The van der Waals surface area contributed by atoms with Gasteiger partial charge in [0.05, 0.1) is 4.90 Å². The lowest BCUT2D eigenvalue weighted by molar-refractivity contribution is 0.0890. The monoisotopic (exact) mass is 380 g/mol. The standard InChI is InChI=1S/C20H32N2O3S/c1-6-22(7-2)26(24,25)17-12-11-15(4)18(13-17)20(23)21-19-10-8-9-14(3)16(19)5/h11-14,16,19H,6-10H2,1-5H3,(H,21,23). The third-order valence-corrected chi connectivity index (χ3v) is 7.87. The van der Waals surface area contributed by atoms with E-state index in [0.29, 0.717) is 30.5 Å². The summed E-state index contributed by atoms with van der Waals surface area (Å²) in [4.78, 5) is 13.0. The highest BCUT2D eigenvalue weighted by Crippen LogP contribution is 2.30. The number of carbonyl (C=O) groups is 1. The van der Waals surface area contributed by atoms with E-state index in [1.54, 1.807) is 12.1 Å². The average Bonchev–Trinajstić information content (AvgIpc) is 2.60. The van der Waals surface area contributed by atoms with Gasteiger partial charge in [0, 0.05) is 24.7 Å². The first kappa shape index (κ1) is 20.9. The molecule has 0 heterocycles. The van der Waals surface area contributed by atoms with Crippen LogP contribution in [0.4, 0.5) is 0 Å². The largest absolute Gasteiger partial charge is 0.349 e. The number of nitrogens with one attached hydrogen (secondary N) is 1. The topological polar surface area (TPSA) is 66.5 Å². The highest BCUT2D eigenvalue weighted by atomic mass is 32.2. The van der Waals surface area contributed by atoms with Crippen LogP contribution in [0.2, 0.25) is 0 Å². The number of hydrogen-bond donors (Lipinski definition) is 1. The average molecular weight is 381 g/mol. The van der Waals surface area contributed by atoms with E-state index in [0.717, 1.165) is 18.4 Å². The van der Waals surface area contributed by atoms with Crippen LogP contribution in [0, 0.1) is 18.8 Å². The zero-order valence-electron chi connectivity index (χ0n) is 16.6. The molecule has 1 amide bonds. The second kappa shape index (κ2) is 8.53. The lowest BCUT2D eigenvalue weighted by atomic mass is 9.78. The molecule has 0 aliphatic heterocycles. The van der Waals surface area contributed by atoms with Gasteiger partial charge in [-0.1, -0.05) is 46.6 Å². The fourth-order valence-electron chi connectivity index (χ4n) is 3.75. The lowest BCUT2D eigenvalue weighted by Crippen LogP contribution is -2.44. The van der Waals surface area contributed by atoms with Crippen molar-refractivity contribution in [3.8, 4) is 0 Å². The Hall–Kier alpha value is -1.40. The minimum absolute atomic E-state index is 0.147. The molecule has 1 saturated carbocycles. The van der Waals surface area contributed by atoms with Gasteiger partial charge >= 0.3 is 0 Å². The molecule has 26 heavy (non-hydrogen) atoms. The predicted molar refractivity (Wildman–Crippen MR) is 105 cm³/mol. The van der Waals surface area contributed by atoms with Gasteiger partial charge in [-0.2, -0.15) is 4.31 Å². The molecule has 0 radical (unpaired) electrons. The van der Waals surface area contributed by atoms with Crippen LogP contribution in [0.5, 0.6) is 0 Å². The Morgan fingerprint density at radius 2 is 1.85 bits per heavy atom. The van der Waals surface area contributed by atoms with Crippen molar-refractivity contribution in [2.75, 3.05) is 13.1 Å². The summed E-state index contributed by atoms with van der Waals surface area (Å²) in [7, 11) is -3.57. The smallest absolute Gasteiger partial charge is 0.251 e. The van der Waals surface area contributed by atoms with E-state index in [2.05, 4.69) is 19.2 Å². The molecular weight excluding hydrogens is 348 g/mol. The predicted octanol–water partition coefficient (Wildman–Crippen LogP) is 3.58. The van der Waals surface area contributed by atoms with Crippen molar-refractivity contribution in [3.63, 3.8) is 0 Å². The number of aryl methyl sites for hydroxylation is 1. The first-order chi connectivity index (χ1) is 12.2. The van der Waals surface area contributed by atoms with Crippen molar-refractivity contribution in [2.24, 2.45) is 11.8 Å². The van der Waals surface area contributed by atoms with E-state index in [4.69, 9.17) is 0 Å². The molecule has 6 heteroatoms. The zero-order valence-corrected chi connectivity index (χ0v) is 17.4. The maximum Gasteiger partial charge on any atom is 0.251 e. The van der Waals surface area contributed by atoms with Crippen molar-refractivity contribution >= 4 is 15.9 Å². The fraction of sp³-hybridized carbons (Fsp3) is 0.650. The van der Waals surface area contributed by atoms with Gasteiger partial charge in [0.25, 0.3) is 5.91 Å². The molecule has 5 nitrogen and oxygen atoms in total. The summed E-state index contributed by atoms with van der Waals surface area (Å²) >= 11 is 0. The number of nitrogens with zero attached hydrogens (tertiary/aromatic N) is 1. The van der Waals surface area contributed by atoms with Gasteiger partial charge in [-0.05, 0) is 42.9 Å². The fourth-order valence-corrected chi connectivity index (χ4v) is 5.24. The van der Waals surface area contributed by atoms with Crippen molar-refractivity contribution in [2.45, 2.75) is 64.8 Å². The molecule has 1 aromatic rings. The highest BCUT2D eigenvalue weighted by molar-refractivity contribution is 7.89. The Bertz CT molecular complexity index is 741. The number of carbonyl (C=O) groups excluding carboxylic acids is 1. The van der Waals surface area contributed by atoms with Gasteiger partial charge < -0.3 is 5.32 Å². The molecule has 1 fully saturated rings. The number of rotatable bonds is 6. The maximum atomic E-state index is 12.9. The normalized spacial score (nSPS) is 23.8. The minimum Gasteiger partial charge on any atom is -0.349 e. The molecule has 2 rings (SSSR count). The van der Waals surface area contributed by atoms with Crippen LogP contribution >= 0.6 is 0 Å². The van der Waals surface area contributed by atoms with E-state index in [-0.39, 0.29) is 16.8 Å². The molecule has 3 unspecified atom stereocenters. The van der Waals surface area contributed by atoms with Crippen LogP contribution in [0.25, 0.3) is 0 Å². The molecule has 1 N–H and O–H groups in total. The first-order valence-corrected chi connectivity index (χ1v) is 11.1. The van der Waals surface area contributed by atoms with Crippen LogP contribution in [-0.2, 0) is 10.0 Å². The van der Waals surface area contributed by atoms with Crippen LogP contribution in [0.3, 0.4) is 0 Å². The summed E-state index contributed by atoms with van der Waals surface area (Å²) in [5.74, 6) is 0.838. The third kappa shape index (κ3) is 4.29. The number of hydrogen-bond acceptors (Lipinski definition) is 3. The summed E-state index contributed by atoms with van der Waals surface area (Å²) in [5.41, 5.74) is 1.24. The Balaban J connectivity index is 2.28. The molecule has 1 aliphatic carbocycles. The SMILES string of the molecule is CCN(CC)S(=O)(=O)c1ccc(C)c(C(=O)NC2CCCC(C)C2C)c1. The first-order valence-electron chi connectivity index (χ1n) is 9.64. The number of benzene rings is 1. The van der Waals surface area contributed by atoms with Gasteiger partial charge in [0.1, 0.15) is 0 Å². The maximum absolute atomic E-state index is 12.9. The Labute approximate surface area is 158 Å². The molecule has 3 atom stereocenters. The number of sulfonamides is 1. The summed E-state index contributed by atoms with van der Waals surface area (Å²) in [6, 6.07) is 4.98. The molecular formula is C20H32N2O3S. The molecule has 1 aromatic carbocycles. The Morgan fingerprint density at radius 3 is 2.46 bits per heavy atom. The van der Waals surface area contributed by atoms with Gasteiger partial charge in [0.15, 0.2) is 0 Å². The van der Waals surface area contributed by atoms with E-state index >= 15 is 0 Å². The summed E-state index contributed by atoms with van der Waals surface area (Å²) in [6.45, 7) is 10.7. The van der Waals surface area contributed by atoms with E-state index < -0.39 is 10.0 Å². The second-order valence-corrected chi connectivity index (χ2v) is 9.35. The van der Waals surface area contributed by atoms with Crippen molar-refractivity contribution in [1.82, 2.24) is 9.62 Å². The zero-order chi connectivity index (χ0) is 19.5. The van der Waals surface area contributed by atoms with Gasteiger partial charge in [-0.15, -0.1) is 0 Å². The summed E-state index contributed by atoms with van der Waals surface area (Å²) < 4.78 is 26.9. The Kier molecular flexibility index (Phi) is 6.86. The van der Waals surface area contributed by atoms with E-state index in [1.165, 1.54) is 16.8 Å². The molecule has 0 aromatic heterocycles. The quantitative estimate of drug-likeness (QED) is 0.820. The summed E-state index contributed by atoms with van der Waals surface area (Å²) in [6.07, 6.45) is 3.30. The minimum atomic E-state index is -3.57.